The van der Waals surface area contributed by atoms with Crippen molar-refractivity contribution in [3.05, 3.63) is 66.0 Å². The van der Waals surface area contributed by atoms with Crippen LogP contribution in [0.4, 0.5) is 0 Å². The van der Waals surface area contributed by atoms with Gasteiger partial charge in [0, 0.05) is 30.4 Å². The predicted molar refractivity (Wildman–Crippen MR) is 75.4 cm³/mol. The summed E-state index contributed by atoms with van der Waals surface area (Å²) in [4.78, 5) is 4.41. The molecule has 0 saturated carbocycles. The highest BCUT2D eigenvalue weighted by molar-refractivity contribution is 5.21. The fourth-order valence-corrected chi connectivity index (χ4v) is 2.09. The van der Waals surface area contributed by atoms with Crippen LogP contribution in [0.3, 0.4) is 0 Å². The Kier molecular flexibility index (Phi) is 4.48. The van der Waals surface area contributed by atoms with Gasteiger partial charge >= 0.3 is 0 Å². The molecule has 0 fully saturated rings. The van der Waals surface area contributed by atoms with Crippen molar-refractivity contribution in [2.75, 3.05) is 0 Å². The smallest absolute Gasteiger partial charge is 0.0422 e. The van der Waals surface area contributed by atoms with Crippen molar-refractivity contribution >= 4 is 0 Å². The van der Waals surface area contributed by atoms with Gasteiger partial charge in [-0.3, -0.25) is 4.98 Å². The first kappa shape index (κ1) is 12.8. The molecular weight excluding hydrogens is 220 g/mol. The molecule has 2 heteroatoms. The maximum atomic E-state index is 4.41. The lowest BCUT2D eigenvalue weighted by molar-refractivity contribution is 0.471. The second-order valence-electron chi connectivity index (χ2n) is 4.81. The second-order valence-corrected chi connectivity index (χ2v) is 4.81. The van der Waals surface area contributed by atoms with Crippen molar-refractivity contribution in [2.24, 2.45) is 0 Å². The highest BCUT2D eigenvalue weighted by Gasteiger charge is 2.13. The standard InChI is InChI=1S/C16H20N2/c1-13(2)18-16(14-8-4-3-5-9-14)12-15-10-6-7-11-17-15/h3-11,13,16,18H,12H2,1-2H3. The van der Waals surface area contributed by atoms with Gasteiger partial charge in [0.1, 0.15) is 0 Å². The van der Waals surface area contributed by atoms with E-state index in [0.717, 1.165) is 12.1 Å². The van der Waals surface area contributed by atoms with Crippen LogP contribution >= 0.6 is 0 Å². The van der Waals surface area contributed by atoms with Gasteiger partial charge in [-0.1, -0.05) is 50.2 Å². The molecule has 94 valence electrons. The molecule has 0 spiro atoms. The molecule has 0 radical (unpaired) electrons. The monoisotopic (exact) mass is 240 g/mol. The summed E-state index contributed by atoms with van der Waals surface area (Å²) < 4.78 is 0. The van der Waals surface area contributed by atoms with Gasteiger partial charge in [0.05, 0.1) is 0 Å². The lowest BCUT2D eigenvalue weighted by Gasteiger charge is -2.21. The zero-order valence-electron chi connectivity index (χ0n) is 11.0. The Hall–Kier alpha value is -1.67. The Morgan fingerprint density at radius 3 is 2.33 bits per heavy atom. The molecule has 1 heterocycles. The molecule has 1 unspecified atom stereocenters. The van der Waals surface area contributed by atoms with E-state index < -0.39 is 0 Å². The van der Waals surface area contributed by atoms with Gasteiger partial charge < -0.3 is 5.32 Å². The number of pyridine rings is 1. The molecule has 2 rings (SSSR count). The average molecular weight is 240 g/mol. The summed E-state index contributed by atoms with van der Waals surface area (Å²) in [6.07, 6.45) is 2.77. The van der Waals surface area contributed by atoms with Crippen molar-refractivity contribution in [1.82, 2.24) is 10.3 Å². The first-order valence-electron chi connectivity index (χ1n) is 6.46. The molecule has 2 nitrogen and oxygen atoms in total. The molecule has 1 atom stereocenters. The summed E-state index contributed by atoms with van der Waals surface area (Å²) in [5, 5.41) is 3.60. The Morgan fingerprint density at radius 2 is 1.72 bits per heavy atom. The minimum absolute atomic E-state index is 0.320. The van der Waals surface area contributed by atoms with E-state index in [1.165, 1.54) is 5.56 Å². The van der Waals surface area contributed by atoms with E-state index in [1.807, 2.05) is 18.3 Å². The number of hydrogen-bond acceptors (Lipinski definition) is 2. The third-order valence-electron chi connectivity index (χ3n) is 2.88. The van der Waals surface area contributed by atoms with Crippen LogP contribution in [0.15, 0.2) is 54.7 Å². The van der Waals surface area contributed by atoms with Gasteiger partial charge in [-0.2, -0.15) is 0 Å². The van der Waals surface area contributed by atoms with Crippen molar-refractivity contribution in [1.29, 1.82) is 0 Å². The molecule has 0 saturated heterocycles. The van der Waals surface area contributed by atoms with Gasteiger partial charge in [0.15, 0.2) is 0 Å². The zero-order chi connectivity index (χ0) is 12.8. The maximum absolute atomic E-state index is 4.41. The second kappa shape index (κ2) is 6.31. The summed E-state index contributed by atoms with van der Waals surface area (Å²) in [5.41, 5.74) is 2.44. The maximum Gasteiger partial charge on any atom is 0.0422 e. The van der Waals surface area contributed by atoms with Crippen LogP contribution in [-0.2, 0) is 6.42 Å². The summed E-state index contributed by atoms with van der Waals surface area (Å²) in [6, 6.07) is 17.4. The Morgan fingerprint density at radius 1 is 1.00 bits per heavy atom. The van der Waals surface area contributed by atoms with Gasteiger partial charge in [-0.15, -0.1) is 0 Å². The van der Waals surface area contributed by atoms with Crippen LogP contribution < -0.4 is 5.32 Å². The van der Waals surface area contributed by atoms with Crippen LogP contribution in [0.25, 0.3) is 0 Å². The molecule has 0 aliphatic carbocycles. The minimum Gasteiger partial charge on any atom is -0.307 e. The van der Waals surface area contributed by atoms with Crippen LogP contribution in [-0.4, -0.2) is 11.0 Å². The number of rotatable bonds is 5. The van der Waals surface area contributed by atoms with E-state index in [4.69, 9.17) is 0 Å². The average Bonchev–Trinajstić information content (AvgIpc) is 2.40. The molecule has 0 bridgehead atoms. The topological polar surface area (TPSA) is 24.9 Å². The predicted octanol–water partition coefficient (Wildman–Crippen LogP) is 3.36. The minimum atomic E-state index is 0.320. The molecule has 18 heavy (non-hydrogen) atoms. The fraction of sp³-hybridized carbons (Fsp3) is 0.312. The normalized spacial score (nSPS) is 12.6. The molecule has 1 N–H and O–H groups in total. The highest BCUT2D eigenvalue weighted by atomic mass is 14.9. The van der Waals surface area contributed by atoms with Gasteiger partial charge in [0.25, 0.3) is 0 Å². The Balaban J connectivity index is 2.16. The van der Waals surface area contributed by atoms with E-state index in [2.05, 4.69) is 60.5 Å². The summed E-state index contributed by atoms with van der Waals surface area (Å²) in [7, 11) is 0. The number of nitrogens with zero attached hydrogens (tertiary/aromatic N) is 1. The SMILES string of the molecule is CC(C)NC(Cc1ccccn1)c1ccccc1. The van der Waals surface area contributed by atoms with Crippen molar-refractivity contribution < 1.29 is 0 Å². The van der Waals surface area contributed by atoms with Gasteiger partial charge in [0.2, 0.25) is 0 Å². The third-order valence-corrected chi connectivity index (χ3v) is 2.88. The molecular formula is C16H20N2. The van der Waals surface area contributed by atoms with Crippen molar-refractivity contribution in [3.8, 4) is 0 Å². The zero-order valence-corrected chi connectivity index (χ0v) is 11.0. The Labute approximate surface area is 109 Å². The van der Waals surface area contributed by atoms with Crippen LogP contribution in [0.2, 0.25) is 0 Å². The van der Waals surface area contributed by atoms with Crippen LogP contribution in [0.5, 0.6) is 0 Å². The molecule has 0 amide bonds. The van der Waals surface area contributed by atoms with Crippen LogP contribution in [0, 0.1) is 0 Å². The quantitative estimate of drug-likeness (QED) is 0.866. The van der Waals surface area contributed by atoms with Crippen molar-refractivity contribution in [3.63, 3.8) is 0 Å². The number of benzene rings is 1. The van der Waals surface area contributed by atoms with E-state index in [9.17, 15) is 0 Å². The summed E-state index contributed by atoms with van der Waals surface area (Å²) in [6.45, 7) is 4.35. The van der Waals surface area contributed by atoms with Gasteiger partial charge in [-0.05, 0) is 17.7 Å². The summed E-state index contributed by atoms with van der Waals surface area (Å²) in [5.74, 6) is 0. The summed E-state index contributed by atoms with van der Waals surface area (Å²) >= 11 is 0. The van der Waals surface area contributed by atoms with Crippen LogP contribution in [0.1, 0.15) is 31.1 Å². The molecule has 0 aliphatic rings. The third kappa shape index (κ3) is 3.67. The molecule has 1 aromatic heterocycles. The van der Waals surface area contributed by atoms with E-state index in [-0.39, 0.29) is 0 Å². The van der Waals surface area contributed by atoms with E-state index in [1.54, 1.807) is 0 Å². The lowest BCUT2D eigenvalue weighted by atomic mass is 10.0. The number of hydrogen-bond donors (Lipinski definition) is 1. The number of aromatic nitrogens is 1. The lowest BCUT2D eigenvalue weighted by Crippen LogP contribution is -2.29. The fourth-order valence-electron chi connectivity index (χ4n) is 2.09. The first-order chi connectivity index (χ1) is 8.75. The van der Waals surface area contributed by atoms with E-state index in [0.29, 0.717) is 12.1 Å². The highest BCUT2D eigenvalue weighted by Crippen LogP contribution is 2.17. The van der Waals surface area contributed by atoms with Crippen molar-refractivity contribution in [2.45, 2.75) is 32.4 Å². The Bertz CT molecular complexity index is 451. The van der Waals surface area contributed by atoms with Gasteiger partial charge in [-0.25, -0.2) is 0 Å². The molecule has 1 aromatic carbocycles. The first-order valence-corrected chi connectivity index (χ1v) is 6.46. The largest absolute Gasteiger partial charge is 0.307 e. The van der Waals surface area contributed by atoms with E-state index >= 15 is 0 Å². The molecule has 2 aromatic rings. The number of nitrogens with one attached hydrogen (secondary N) is 1. The molecule has 0 aliphatic heterocycles.